The highest BCUT2D eigenvalue weighted by Crippen LogP contribution is 2.40. The Morgan fingerprint density at radius 2 is 1.88 bits per heavy atom. The van der Waals surface area contributed by atoms with E-state index in [1.54, 1.807) is 36.4 Å². The fraction of sp³-hybridized carbons (Fsp3) is 0.0870. The van der Waals surface area contributed by atoms with Crippen LogP contribution < -0.4 is 10.1 Å². The summed E-state index contributed by atoms with van der Waals surface area (Å²) in [5.74, 6) is 1.74. The third kappa shape index (κ3) is 4.03. The van der Waals surface area contributed by atoms with Crippen LogP contribution >= 0.6 is 11.8 Å². The minimum absolute atomic E-state index is 0.0374. The summed E-state index contributed by atoms with van der Waals surface area (Å²) in [6.07, 6.45) is 1.02. The van der Waals surface area contributed by atoms with Gasteiger partial charge in [0.25, 0.3) is 5.69 Å². The van der Waals surface area contributed by atoms with E-state index in [0.29, 0.717) is 39.6 Å². The second kappa shape index (κ2) is 8.75. The molecule has 1 aliphatic rings. The van der Waals surface area contributed by atoms with Crippen molar-refractivity contribution in [1.29, 1.82) is 0 Å². The number of thioether (sulfide) groups is 1. The predicted molar refractivity (Wildman–Crippen MR) is 124 cm³/mol. The zero-order valence-corrected chi connectivity index (χ0v) is 18.0. The summed E-state index contributed by atoms with van der Waals surface area (Å²) >= 11 is 1.39. The van der Waals surface area contributed by atoms with Gasteiger partial charge in [-0.25, -0.2) is 0 Å². The number of hydrogen-bond donors (Lipinski definition) is 1. The molecule has 164 valence electrons. The van der Waals surface area contributed by atoms with E-state index in [0.717, 1.165) is 11.3 Å². The van der Waals surface area contributed by atoms with Crippen LogP contribution in [0.15, 0.2) is 82.9 Å². The first-order valence-electron chi connectivity index (χ1n) is 9.98. The van der Waals surface area contributed by atoms with E-state index >= 15 is 0 Å². The van der Waals surface area contributed by atoms with Crippen molar-refractivity contribution >= 4 is 23.1 Å². The number of anilines is 1. The Balaban J connectivity index is 1.55. The molecule has 0 fully saturated rings. The first kappa shape index (κ1) is 20.7. The van der Waals surface area contributed by atoms with Crippen LogP contribution in [-0.4, -0.2) is 25.9 Å². The third-order valence-corrected chi connectivity index (χ3v) is 5.75. The Hall–Kier alpha value is -4.18. The summed E-state index contributed by atoms with van der Waals surface area (Å²) in [5, 5.41) is 23.7. The van der Waals surface area contributed by atoms with Gasteiger partial charge in [-0.2, -0.15) is 4.98 Å². The lowest BCUT2D eigenvalue weighted by Gasteiger charge is -2.16. The molecule has 0 amide bonds. The fourth-order valence-electron chi connectivity index (χ4n) is 3.45. The van der Waals surface area contributed by atoms with Gasteiger partial charge in [0.15, 0.2) is 11.5 Å². The molecule has 0 unspecified atom stereocenters. The minimum Gasteiger partial charge on any atom is -0.455 e. The lowest BCUT2D eigenvalue weighted by Crippen LogP contribution is -2.16. The Morgan fingerprint density at radius 3 is 2.70 bits per heavy atom. The molecule has 0 aliphatic carbocycles. The number of para-hydroxylation sites is 2. The SMILES string of the molecule is C=CCSc1nnc2c(n1)O[C@@H](c1ccc(-c3ccccc3[N+](=O)[O-])o1)Nc1ccccc1-2. The minimum atomic E-state index is -0.738. The first-order chi connectivity index (χ1) is 16.1. The molecule has 9 nitrogen and oxygen atoms in total. The van der Waals surface area contributed by atoms with E-state index in [9.17, 15) is 10.1 Å². The topological polar surface area (TPSA) is 116 Å². The highest BCUT2D eigenvalue weighted by molar-refractivity contribution is 7.99. The van der Waals surface area contributed by atoms with Gasteiger partial charge in [-0.3, -0.25) is 10.1 Å². The highest BCUT2D eigenvalue weighted by atomic mass is 32.2. The quantitative estimate of drug-likeness (QED) is 0.173. The first-order valence-corrected chi connectivity index (χ1v) is 11.0. The van der Waals surface area contributed by atoms with Crippen LogP contribution in [0.2, 0.25) is 0 Å². The second-order valence-corrected chi connectivity index (χ2v) is 8.00. The number of fused-ring (bicyclic) bond motifs is 3. The molecular formula is C23H17N5O4S. The van der Waals surface area contributed by atoms with Crippen molar-refractivity contribution in [2.45, 2.75) is 11.4 Å². The largest absolute Gasteiger partial charge is 0.455 e. The number of benzene rings is 2. The van der Waals surface area contributed by atoms with Gasteiger partial charge in [0.05, 0.1) is 10.5 Å². The van der Waals surface area contributed by atoms with E-state index in [1.807, 2.05) is 24.3 Å². The van der Waals surface area contributed by atoms with Gasteiger partial charge in [-0.05, 0) is 24.3 Å². The molecule has 1 atom stereocenters. The summed E-state index contributed by atoms with van der Waals surface area (Å²) in [5.41, 5.74) is 2.42. The van der Waals surface area contributed by atoms with Gasteiger partial charge in [0, 0.05) is 23.1 Å². The van der Waals surface area contributed by atoms with Crippen molar-refractivity contribution in [2.75, 3.05) is 11.1 Å². The molecule has 1 N–H and O–H groups in total. The number of nitro groups is 1. The summed E-state index contributed by atoms with van der Waals surface area (Å²) < 4.78 is 12.2. The summed E-state index contributed by atoms with van der Waals surface area (Å²) in [6, 6.07) is 17.4. The van der Waals surface area contributed by atoms with Crippen LogP contribution in [0.25, 0.3) is 22.6 Å². The molecule has 0 saturated carbocycles. The number of aromatic nitrogens is 3. The van der Waals surface area contributed by atoms with Crippen molar-refractivity contribution in [3.05, 3.63) is 89.2 Å². The normalized spacial score (nSPS) is 14.2. The number of rotatable bonds is 6. The fourth-order valence-corrected chi connectivity index (χ4v) is 3.96. The maximum atomic E-state index is 11.4. The van der Waals surface area contributed by atoms with E-state index in [4.69, 9.17) is 9.15 Å². The number of nitrogens with zero attached hydrogens (tertiary/aromatic N) is 4. The van der Waals surface area contributed by atoms with Crippen LogP contribution in [-0.2, 0) is 0 Å². The van der Waals surface area contributed by atoms with Gasteiger partial charge in [-0.15, -0.1) is 16.8 Å². The van der Waals surface area contributed by atoms with Crippen molar-refractivity contribution in [2.24, 2.45) is 0 Å². The van der Waals surface area contributed by atoms with E-state index < -0.39 is 11.2 Å². The van der Waals surface area contributed by atoms with Gasteiger partial charge >= 0.3 is 0 Å². The number of furan rings is 1. The molecule has 1 aliphatic heterocycles. The number of ether oxygens (including phenoxy) is 1. The Kier molecular flexibility index (Phi) is 5.49. The van der Waals surface area contributed by atoms with Crippen LogP contribution in [0.1, 0.15) is 12.0 Å². The van der Waals surface area contributed by atoms with E-state index in [1.165, 1.54) is 17.8 Å². The van der Waals surface area contributed by atoms with Gasteiger partial charge in [0.1, 0.15) is 5.76 Å². The maximum Gasteiger partial charge on any atom is 0.280 e. The summed E-state index contributed by atoms with van der Waals surface area (Å²) in [6.45, 7) is 3.71. The standard InChI is InChI=1S/C23H17N5O4S/c1-2-13-33-23-25-22-20(26-27-23)14-7-3-5-9-16(14)24-21(32-22)19-12-11-18(31-19)15-8-4-6-10-17(15)28(29)30/h2-12,21,24H,1,13H2/t21-/m0/s1. The average molecular weight is 459 g/mol. The molecule has 3 heterocycles. The van der Waals surface area contributed by atoms with E-state index in [2.05, 4.69) is 27.1 Å². The number of nitrogens with one attached hydrogen (secondary N) is 1. The maximum absolute atomic E-state index is 11.4. The van der Waals surface area contributed by atoms with Crippen LogP contribution in [0.3, 0.4) is 0 Å². The molecule has 0 spiro atoms. The molecule has 0 bridgehead atoms. The molecule has 5 rings (SSSR count). The molecule has 0 radical (unpaired) electrons. The van der Waals surface area contributed by atoms with E-state index in [-0.39, 0.29) is 5.69 Å². The Bertz CT molecular complexity index is 1360. The lowest BCUT2D eigenvalue weighted by atomic mass is 10.1. The van der Waals surface area contributed by atoms with Crippen molar-refractivity contribution in [3.63, 3.8) is 0 Å². The molecule has 33 heavy (non-hydrogen) atoms. The second-order valence-electron chi connectivity index (χ2n) is 7.01. The Labute approximate surface area is 192 Å². The molecular weight excluding hydrogens is 442 g/mol. The zero-order valence-electron chi connectivity index (χ0n) is 17.2. The monoisotopic (exact) mass is 459 g/mol. The molecule has 4 aromatic rings. The third-order valence-electron chi connectivity index (χ3n) is 4.92. The summed E-state index contributed by atoms with van der Waals surface area (Å²) in [4.78, 5) is 15.5. The van der Waals surface area contributed by atoms with Gasteiger partial charge in [-0.1, -0.05) is 48.2 Å². The number of nitro benzene ring substituents is 1. The Morgan fingerprint density at radius 1 is 1.09 bits per heavy atom. The van der Waals surface area contributed by atoms with Crippen LogP contribution in [0.5, 0.6) is 5.88 Å². The van der Waals surface area contributed by atoms with Crippen LogP contribution in [0.4, 0.5) is 11.4 Å². The highest BCUT2D eigenvalue weighted by Gasteiger charge is 2.28. The summed E-state index contributed by atoms with van der Waals surface area (Å²) in [7, 11) is 0. The lowest BCUT2D eigenvalue weighted by molar-refractivity contribution is -0.384. The zero-order chi connectivity index (χ0) is 22.8. The molecule has 2 aromatic carbocycles. The molecule has 2 aromatic heterocycles. The molecule has 0 saturated heterocycles. The van der Waals surface area contributed by atoms with Crippen molar-refractivity contribution in [3.8, 4) is 28.5 Å². The predicted octanol–water partition coefficient (Wildman–Crippen LogP) is 5.49. The smallest absolute Gasteiger partial charge is 0.280 e. The number of hydrogen-bond acceptors (Lipinski definition) is 9. The van der Waals surface area contributed by atoms with Crippen LogP contribution in [0, 0.1) is 10.1 Å². The van der Waals surface area contributed by atoms with Crippen molar-refractivity contribution in [1.82, 2.24) is 15.2 Å². The van der Waals surface area contributed by atoms with Crippen molar-refractivity contribution < 1.29 is 14.1 Å². The van der Waals surface area contributed by atoms with Gasteiger partial charge < -0.3 is 14.5 Å². The van der Waals surface area contributed by atoms with Gasteiger partial charge in [0.2, 0.25) is 17.3 Å². The molecule has 10 heteroatoms. The average Bonchev–Trinajstić information content (AvgIpc) is 3.27.